The number of carbonyl (C=O) groups is 2. The summed E-state index contributed by atoms with van der Waals surface area (Å²) in [6, 6.07) is 2.20. The van der Waals surface area contributed by atoms with Crippen molar-refractivity contribution < 1.29 is 14.7 Å². The van der Waals surface area contributed by atoms with Gasteiger partial charge in [-0.1, -0.05) is 0 Å². The Morgan fingerprint density at radius 3 is 2.62 bits per heavy atom. The molecule has 0 aliphatic rings. The fourth-order valence-corrected chi connectivity index (χ4v) is 1.16. The predicted molar refractivity (Wildman–Crippen MR) is 58.2 cm³/mol. The third kappa shape index (κ3) is 2.94. The molecular weight excluding hydrogens is 210 g/mol. The molecule has 1 heterocycles. The van der Waals surface area contributed by atoms with Crippen molar-refractivity contribution in [3.63, 3.8) is 0 Å². The van der Waals surface area contributed by atoms with Crippen LogP contribution in [0.5, 0.6) is 0 Å². The van der Waals surface area contributed by atoms with Crippen molar-refractivity contribution in [2.75, 3.05) is 5.32 Å². The summed E-state index contributed by atoms with van der Waals surface area (Å²) in [5.74, 6) is -1.25. The number of rotatable bonds is 4. The zero-order valence-corrected chi connectivity index (χ0v) is 9.02. The predicted octanol–water partition coefficient (Wildman–Crippen LogP) is 0.374. The third-order valence-corrected chi connectivity index (χ3v) is 1.99. The molecule has 4 N–H and O–H groups in total. The van der Waals surface area contributed by atoms with E-state index < -0.39 is 17.9 Å². The molecule has 1 amide bonds. The fourth-order valence-electron chi connectivity index (χ4n) is 1.16. The van der Waals surface area contributed by atoms with Crippen LogP contribution in [0.1, 0.15) is 23.0 Å². The number of anilines is 1. The van der Waals surface area contributed by atoms with Gasteiger partial charge in [-0.3, -0.25) is 4.79 Å². The van der Waals surface area contributed by atoms with Crippen LogP contribution in [0.25, 0.3) is 0 Å². The Morgan fingerprint density at radius 1 is 1.50 bits per heavy atom. The number of pyridine rings is 1. The number of carboxylic acids is 1. The molecule has 16 heavy (non-hydrogen) atoms. The van der Waals surface area contributed by atoms with Crippen molar-refractivity contribution in [2.24, 2.45) is 5.73 Å². The van der Waals surface area contributed by atoms with Crippen molar-refractivity contribution in [1.82, 2.24) is 4.98 Å². The molecule has 1 rings (SSSR count). The van der Waals surface area contributed by atoms with Crippen molar-refractivity contribution in [1.29, 1.82) is 0 Å². The number of hydrogen-bond donors (Lipinski definition) is 3. The molecule has 0 saturated carbocycles. The van der Waals surface area contributed by atoms with Crippen LogP contribution in [0.3, 0.4) is 0 Å². The van der Waals surface area contributed by atoms with Crippen LogP contribution < -0.4 is 11.1 Å². The molecule has 1 aromatic rings. The van der Waals surface area contributed by atoms with Gasteiger partial charge in [0.05, 0.1) is 5.56 Å². The largest absolute Gasteiger partial charge is 0.478 e. The van der Waals surface area contributed by atoms with Crippen LogP contribution in [0.15, 0.2) is 12.1 Å². The Labute approximate surface area is 92.5 Å². The van der Waals surface area contributed by atoms with Crippen molar-refractivity contribution >= 4 is 17.7 Å². The number of nitrogens with zero attached hydrogens (tertiary/aromatic N) is 1. The average Bonchev–Trinajstić information content (AvgIpc) is 2.16. The van der Waals surface area contributed by atoms with Gasteiger partial charge in [0, 0.05) is 5.69 Å². The summed E-state index contributed by atoms with van der Waals surface area (Å²) in [6.45, 7) is 3.25. The molecule has 0 radical (unpaired) electrons. The third-order valence-electron chi connectivity index (χ3n) is 1.99. The maximum atomic E-state index is 10.8. The van der Waals surface area contributed by atoms with Gasteiger partial charge in [-0.15, -0.1) is 0 Å². The highest BCUT2D eigenvalue weighted by atomic mass is 16.4. The van der Waals surface area contributed by atoms with E-state index in [0.717, 1.165) is 0 Å². The summed E-state index contributed by atoms with van der Waals surface area (Å²) in [6.07, 6.45) is 0. The number of aromatic nitrogens is 1. The zero-order valence-electron chi connectivity index (χ0n) is 9.02. The normalized spacial score (nSPS) is 11.9. The van der Waals surface area contributed by atoms with E-state index in [1.807, 2.05) is 0 Å². The van der Waals surface area contributed by atoms with Crippen molar-refractivity contribution in [2.45, 2.75) is 19.9 Å². The molecule has 1 unspecified atom stereocenters. The van der Waals surface area contributed by atoms with E-state index in [1.54, 1.807) is 13.8 Å². The summed E-state index contributed by atoms with van der Waals surface area (Å²) in [5, 5.41) is 11.6. The first kappa shape index (κ1) is 12.0. The fraction of sp³-hybridized carbons (Fsp3) is 0.300. The number of carbonyl (C=O) groups excluding carboxylic acids is 1. The molecule has 0 spiro atoms. The molecule has 0 aliphatic heterocycles. The van der Waals surface area contributed by atoms with Crippen molar-refractivity contribution in [3.8, 4) is 0 Å². The number of amides is 1. The Morgan fingerprint density at radius 2 is 2.12 bits per heavy atom. The van der Waals surface area contributed by atoms with Gasteiger partial charge >= 0.3 is 5.97 Å². The molecule has 1 aromatic heterocycles. The minimum Gasteiger partial charge on any atom is -0.478 e. The molecular formula is C10H13N3O3. The number of aryl methyl sites for hydroxylation is 1. The van der Waals surface area contributed by atoms with Gasteiger partial charge in [-0.25, -0.2) is 9.78 Å². The van der Waals surface area contributed by atoms with Gasteiger partial charge in [-0.05, 0) is 26.0 Å². The quantitative estimate of drug-likeness (QED) is 0.684. The Balaban J connectivity index is 2.97. The SMILES string of the molecule is Cc1cc(C(=O)O)cc(NC(C)C(N)=O)n1. The standard InChI is InChI=1S/C10H13N3O3/c1-5-3-7(10(15)16)4-8(12-5)13-6(2)9(11)14/h3-4,6H,1-2H3,(H2,11,14)(H,12,13)(H,15,16). The van der Waals surface area contributed by atoms with E-state index in [0.29, 0.717) is 11.5 Å². The highest BCUT2D eigenvalue weighted by Crippen LogP contribution is 2.11. The molecule has 6 nitrogen and oxygen atoms in total. The second-order valence-corrected chi connectivity index (χ2v) is 3.46. The van der Waals surface area contributed by atoms with Gasteiger partial charge in [0.2, 0.25) is 5.91 Å². The summed E-state index contributed by atoms with van der Waals surface area (Å²) in [4.78, 5) is 25.7. The molecule has 0 saturated heterocycles. The molecule has 86 valence electrons. The van der Waals surface area contributed by atoms with Crippen LogP contribution in [0.4, 0.5) is 5.82 Å². The summed E-state index contributed by atoms with van der Waals surface area (Å²) in [5.41, 5.74) is 5.75. The van der Waals surface area contributed by atoms with Crippen LogP contribution in [-0.4, -0.2) is 28.0 Å². The van der Waals surface area contributed by atoms with E-state index in [4.69, 9.17) is 10.8 Å². The maximum absolute atomic E-state index is 10.8. The maximum Gasteiger partial charge on any atom is 0.335 e. The number of nitrogens with one attached hydrogen (secondary N) is 1. The first-order valence-corrected chi connectivity index (χ1v) is 4.68. The Kier molecular flexibility index (Phi) is 3.44. The molecule has 0 fully saturated rings. The van der Waals surface area contributed by atoms with Gasteiger partial charge in [-0.2, -0.15) is 0 Å². The molecule has 0 aromatic carbocycles. The average molecular weight is 223 g/mol. The van der Waals surface area contributed by atoms with E-state index in [9.17, 15) is 9.59 Å². The number of nitrogens with two attached hydrogens (primary N) is 1. The second kappa shape index (κ2) is 4.61. The number of carboxylic acid groups (broad SMARTS) is 1. The number of hydrogen-bond acceptors (Lipinski definition) is 4. The minimum absolute atomic E-state index is 0.117. The lowest BCUT2D eigenvalue weighted by Gasteiger charge is -2.11. The molecule has 6 heteroatoms. The smallest absolute Gasteiger partial charge is 0.335 e. The van der Waals surface area contributed by atoms with E-state index in [2.05, 4.69) is 10.3 Å². The lowest BCUT2D eigenvalue weighted by atomic mass is 10.2. The first-order chi connectivity index (χ1) is 7.40. The van der Waals surface area contributed by atoms with Crippen molar-refractivity contribution in [3.05, 3.63) is 23.4 Å². The summed E-state index contributed by atoms with van der Waals surface area (Å²) >= 11 is 0. The molecule has 1 atom stereocenters. The lowest BCUT2D eigenvalue weighted by molar-refractivity contribution is -0.118. The highest BCUT2D eigenvalue weighted by Gasteiger charge is 2.11. The van der Waals surface area contributed by atoms with Crippen LogP contribution in [0, 0.1) is 6.92 Å². The van der Waals surface area contributed by atoms with Gasteiger partial charge < -0.3 is 16.2 Å². The van der Waals surface area contributed by atoms with Crippen LogP contribution >= 0.6 is 0 Å². The highest BCUT2D eigenvalue weighted by molar-refractivity contribution is 5.89. The number of primary amides is 1. The van der Waals surface area contributed by atoms with E-state index >= 15 is 0 Å². The lowest BCUT2D eigenvalue weighted by Crippen LogP contribution is -2.32. The van der Waals surface area contributed by atoms with Crippen LogP contribution in [-0.2, 0) is 4.79 Å². The van der Waals surface area contributed by atoms with Crippen LogP contribution in [0.2, 0.25) is 0 Å². The Hall–Kier alpha value is -2.11. The zero-order chi connectivity index (χ0) is 12.3. The van der Waals surface area contributed by atoms with Gasteiger partial charge in [0.25, 0.3) is 0 Å². The topological polar surface area (TPSA) is 105 Å². The Bertz CT molecular complexity index is 431. The van der Waals surface area contributed by atoms with E-state index in [-0.39, 0.29) is 5.56 Å². The second-order valence-electron chi connectivity index (χ2n) is 3.46. The summed E-state index contributed by atoms with van der Waals surface area (Å²) < 4.78 is 0. The van der Waals surface area contributed by atoms with Gasteiger partial charge in [0.1, 0.15) is 11.9 Å². The summed E-state index contributed by atoms with van der Waals surface area (Å²) in [7, 11) is 0. The van der Waals surface area contributed by atoms with Gasteiger partial charge in [0.15, 0.2) is 0 Å². The van der Waals surface area contributed by atoms with E-state index in [1.165, 1.54) is 12.1 Å². The molecule has 0 bridgehead atoms. The number of aromatic carboxylic acids is 1. The molecule has 0 aliphatic carbocycles. The first-order valence-electron chi connectivity index (χ1n) is 4.68. The monoisotopic (exact) mass is 223 g/mol. The minimum atomic E-state index is -1.04.